The Hall–Kier alpha value is -2.09. The highest BCUT2D eigenvalue weighted by molar-refractivity contribution is 5.81. The number of rotatable bonds is 1. The zero-order valence-electron chi connectivity index (χ0n) is 5.98. The van der Waals surface area contributed by atoms with Crippen molar-refractivity contribution in [3.63, 3.8) is 0 Å². The topological polar surface area (TPSA) is 86.0 Å². The molecule has 0 saturated heterocycles. The summed E-state index contributed by atoms with van der Waals surface area (Å²) >= 11 is 0. The summed E-state index contributed by atoms with van der Waals surface area (Å²) in [7, 11) is 0. The van der Waals surface area contributed by atoms with Gasteiger partial charge in [-0.2, -0.15) is 5.26 Å². The molecule has 1 rings (SSSR count). The number of nitriles is 1. The Labute approximate surface area is 68.3 Å². The number of anilines is 1. The van der Waals surface area contributed by atoms with Crippen LogP contribution in [0.1, 0.15) is 5.56 Å². The van der Waals surface area contributed by atoms with Gasteiger partial charge in [-0.15, -0.1) is 0 Å². The number of aromatic nitrogens is 1. The lowest BCUT2D eigenvalue weighted by Crippen LogP contribution is -2.08. The van der Waals surface area contributed by atoms with Crippen molar-refractivity contribution in [3.8, 4) is 6.07 Å². The van der Waals surface area contributed by atoms with Crippen LogP contribution in [-0.2, 0) is 0 Å². The normalized spacial score (nSPS) is 8.58. The molecule has 0 saturated carbocycles. The van der Waals surface area contributed by atoms with E-state index < -0.39 is 6.09 Å². The second-order valence-corrected chi connectivity index (χ2v) is 1.97. The van der Waals surface area contributed by atoms with Gasteiger partial charge in [-0.1, -0.05) is 0 Å². The third-order valence-electron chi connectivity index (χ3n) is 1.13. The van der Waals surface area contributed by atoms with E-state index in [0.29, 0.717) is 5.56 Å². The molecule has 0 unspecified atom stereocenters. The summed E-state index contributed by atoms with van der Waals surface area (Å²) in [5.74, 6) is 0.210. The molecule has 0 aliphatic carbocycles. The Morgan fingerprint density at radius 2 is 2.42 bits per heavy atom. The molecule has 12 heavy (non-hydrogen) atoms. The van der Waals surface area contributed by atoms with E-state index in [2.05, 4.69) is 10.3 Å². The minimum Gasteiger partial charge on any atom is -0.465 e. The first-order chi connectivity index (χ1) is 5.72. The SMILES string of the molecule is N#Cc1ccc(NC(=O)O)nc1. The quantitative estimate of drug-likeness (QED) is 0.647. The summed E-state index contributed by atoms with van der Waals surface area (Å²) in [6.07, 6.45) is 0.123. The molecule has 60 valence electrons. The number of nitrogens with one attached hydrogen (secondary N) is 1. The second kappa shape index (κ2) is 3.34. The Morgan fingerprint density at radius 3 is 2.83 bits per heavy atom. The van der Waals surface area contributed by atoms with E-state index in [4.69, 9.17) is 10.4 Å². The number of carboxylic acid groups (broad SMARTS) is 1. The first kappa shape index (κ1) is 8.01. The van der Waals surface area contributed by atoms with Crippen LogP contribution in [0.3, 0.4) is 0 Å². The molecule has 0 fully saturated rings. The molecule has 0 aliphatic heterocycles. The predicted molar refractivity (Wildman–Crippen MR) is 40.6 cm³/mol. The van der Waals surface area contributed by atoms with Crippen LogP contribution in [0, 0.1) is 11.3 Å². The largest absolute Gasteiger partial charge is 0.465 e. The molecule has 0 spiro atoms. The predicted octanol–water partition coefficient (Wildman–Crippen LogP) is 1.04. The average molecular weight is 163 g/mol. The summed E-state index contributed by atoms with van der Waals surface area (Å²) < 4.78 is 0. The van der Waals surface area contributed by atoms with E-state index in [0.717, 1.165) is 0 Å². The van der Waals surface area contributed by atoms with E-state index in [1.54, 1.807) is 0 Å². The van der Waals surface area contributed by atoms with Gasteiger partial charge in [0.05, 0.1) is 5.56 Å². The molecule has 1 aromatic rings. The highest BCUT2D eigenvalue weighted by atomic mass is 16.4. The minimum atomic E-state index is -1.17. The molecule has 0 aromatic carbocycles. The van der Waals surface area contributed by atoms with E-state index in [9.17, 15) is 4.79 Å². The lowest BCUT2D eigenvalue weighted by molar-refractivity contribution is 0.209. The highest BCUT2D eigenvalue weighted by Gasteiger charge is 1.97. The Bertz CT molecular complexity index is 325. The summed E-state index contributed by atoms with van der Waals surface area (Å²) in [6.45, 7) is 0. The number of hydrogen-bond acceptors (Lipinski definition) is 3. The molecule has 0 atom stereocenters. The van der Waals surface area contributed by atoms with Crippen molar-refractivity contribution in [1.29, 1.82) is 5.26 Å². The van der Waals surface area contributed by atoms with Gasteiger partial charge in [-0.3, -0.25) is 5.32 Å². The van der Waals surface area contributed by atoms with Gasteiger partial charge >= 0.3 is 6.09 Å². The van der Waals surface area contributed by atoms with Crippen LogP contribution in [0.5, 0.6) is 0 Å². The van der Waals surface area contributed by atoms with E-state index in [1.807, 2.05) is 6.07 Å². The van der Waals surface area contributed by atoms with Crippen molar-refractivity contribution in [2.75, 3.05) is 5.32 Å². The van der Waals surface area contributed by atoms with Crippen LogP contribution in [0.2, 0.25) is 0 Å². The Kier molecular flexibility index (Phi) is 2.23. The van der Waals surface area contributed by atoms with Crippen molar-refractivity contribution >= 4 is 11.9 Å². The number of nitrogens with zero attached hydrogens (tertiary/aromatic N) is 2. The molecule has 5 nitrogen and oxygen atoms in total. The summed E-state index contributed by atoms with van der Waals surface area (Å²) in [5, 5.41) is 18.7. The fraction of sp³-hybridized carbons (Fsp3) is 0. The highest BCUT2D eigenvalue weighted by Crippen LogP contribution is 2.02. The minimum absolute atomic E-state index is 0.210. The van der Waals surface area contributed by atoms with Crippen LogP contribution in [0.25, 0.3) is 0 Å². The van der Waals surface area contributed by atoms with Crippen molar-refractivity contribution in [2.45, 2.75) is 0 Å². The lowest BCUT2D eigenvalue weighted by Gasteiger charge is -1.97. The summed E-state index contributed by atoms with van der Waals surface area (Å²) in [5.41, 5.74) is 0.394. The first-order valence-corrected chi connectivity index (χ1v) is 3.08. The van der Waals surface area contributed by atoms with Gasteiger partial charge in [-0.25, -0.2) is 9.78 Å². The van der Waals surface area contributed by atoms with Gasteiger partial charge in [-0.05, 0) is 12.1 Å². The number of pyridine rings is 1. The van der Waals surface area contributed by atoms with Crippen molar-refractivity contribution in [2.24, 2.45) is 0 Å². The van der Waals surface area contributed by atoms with E-state index in [1.165, 1.54) is 18.3 Å². The van der Waals surface area contributed by atoms with E-state index in [-0.39, 0.29) is 5.82 Å². The number of carbonyl (C=O) groups is 1. The molecule has 0 radical (unpaired) electrons. The van der Waals surface area contributed by atoms with E-state index >= 15 is 0 Å². The van der Waals surface area contributed by atoms with Crippen molar-refractivity contribution in [3.05, 3.63) is 23.9 Å². The van der Waals surface area contributed by atoms with Crippen LogP contribution in [0.15, 0.2) is 18.3 Å². The first-order valence-electron chi connectivity index (χ1n) is 3.08. The van der Waals surface area contributed by atoms with Crippen LogP contribution in [0.4, 0.5) is 10.6 Å². The zero-order chi connectivity index (χ0) is 8.97. The van der Waals surface area contributed by atoms with Crippen LogP contribution < -0.4 is 5.32 Å². The molecular weight excluding hydrogens is 158 g/mol. The molecule has 1 aromatic heterocycles. The fourth-order valence-electron chi connectivity index (χ4n) is 0.644. The Balaban J connectivity index is 2.80. The summed E-state index contributed by atoms with van der Waals surface area (Å²) in [6, 6.07) is 4.78. The van der Waals surface area contributed by atoms with Gasteiger partial charge in [0.1, 0.15) is 11.9 Å². The maximum absolute atomic E-state index is 10.1. The molecular formula is C7H5N3O2. The van der Waals surface area contributed by atoms with Crippen molar-refractivity contribution < 1.29 is 9.90 Å². The van der Waals surface area contributed by atoms with Gasteiger partial charge in [0.2, 0.25) is 0 Å². The second-order valence-electron chi connectivity index (χ2n) is 1.97. The molecule has 5 heteroatoms. The maximum Gasteiger partial charge on any atom is 0.410 e. The maximum atomic E-state index is 10.1. The van der Waals surface area contributed by atoms with Gasteiger partial charge in [0.15, 0.2) is 0 Å². The monoisotopic (exact) mass is 163 g/mol. The van der Waals surface area contributed by atoms with Crippen molar-refractivity contribution in [1.82, 2.24) is 4.98 Å². The zero-order valence-corrected chi connectivity index (χ0v) is 5.98. The third-order valence-corrected chi connectivity index (χ3v) is 1.13. The van der Waals surface area contributed by atoms with Gasteiger partial charge < -0.3 is 5.11 Å². The van der Waals surface area contributed by atoms with Gasteiger partial charge in [0.25, 0.3) is 0 Å². The number of amides is 1. The third kappa shape index (κ3) is 1.95. The summed E-state index contributed by atoms with van der Waals surface area (Å²) in [4.78, 5) is 13.8. The van der Waals surface area contributed by atoms with Gasteiger partial charge in [0, 0.05) is 6.20 Å². The van der Waals surface area contributed by atoms with Crippen LogP contribution in [-0.4, -0.2) is 16.2 Å². The number of hydrogen-bond donors (Lipinski definition) is 2. The average Bonchev–Trinajstić information content (AvgIpc) is 2.05. The molecule has 0 bridgehead atoms. The molecule has 1 heterocycles. The molecule has 2 N–H and O–H groups in total. The van der Waals surface area contributed by atoms with Crippen LogP contribution >= 0.6 is 0 Å². The standard InChI is InChI=1S/C7H5N3O2/c8-3-5-1-2-6(9-4-5)10-7(11)12/h1-2,4H,(H,9,10)(H,11,12). The Morgan fingerprint density at radius 1 is 1.67 bits per heavy atom. The smallest absolute Gasteiger partial charge is 0.410 e. The molecule has 0 aliphatic rings. The molecule has 1 amide bonds. The lowest BCUT2D eigenvalue weighted by atomic mass is 10.3. The fourth-order valence-corrected chi connectivity index (χ4v) is 0.644.